The van der Waals surface area contributed by atoms with Crippen LogP contribution in [-0.4, -0.2) is 20.5 Å². The van der Waals surface area contributed by atoms with Gasteiger partial charge in [-0.3, -0.25) is 9.56 Å². The van der Waals surface area contributed by atoms with Crippen LogP contribution in [0.2, 0.25) is 5.02 Å². The molecule has 0 N–H and O–H groups in total. The van der Waals surface area contributed by atoms with Crippen LogP contribution in [0.15, 0.2) is 35.6 Å². The largest absolute Gasteiger partial charge is 0.276 e. The summed E-state index contributed by atoms with van der Waals surface area (Å²) in [5.74, 6) is 0.848. The van der Waals surface area contributed by atoms with Gasteiger partial charge in [-0.1, -0.05) is 29.8 Å². The molecule has 0 bridgehead atoms. The van der Waals surface area contributed by atoms with Crippen LogP contribution in [-0.2, 0) is 6.54 Å². The number of aliphatic imine (C=N–C) groups is 1. The molecule has 0 saturated heterocycles. The van der Waals surface area contributed by atoms with Crippen molar-refractivity contribution < 1.29 is 0 Å². The van der Waals surface area contributed by atoms with Gasteiger partial charge in [-0.2, -0.15) is 0 Å². The Morgan fingerprint density at radius 3 is 2.95 bits per heavy atom. The molecule has 0 saturated carbocycles. The van der Waals surface area contributed by atoms with Crippen LogP contribution in [0, 0.1) is 9.81 Å². The van der Waals surface area contributed by atoms with Crippen molar-refractivity contribution in [1.29, 1.82) is 0 Å². The highest BCUT2D eigenvalue weighted by molar-refractivity contribution is 14.1. The zero-order valence-corrected chi connectivity index (χ0v) is 15.3. The average molecular weight is 441 g/mol. The molecule has 0 amide bonds. The molecule has 0 aliphatic carbocycles. The molecule has 7 heteroatoms. The summed E-state index contributed by atoms with van der Waals surface area (Å²) in [5.41, 5.74) is 4.24. The SMILES string of the molecule is Cc1c(I)sc2c1C(c1ccccc1Cl)=NCc1nncn1-2. The third kappa shape index (κ3) is 2.12. The van der Waals surface area contributed by atoms with E-state index in [1.165, 1.54) is 8.45 Å². The monoisotopic (exact) mass is 440 g/mol. The van der Waals surface area contributed by atoms with E-state index in [9.17, 15) is 0 Å². The highest BCUT2D eigenvalue weighted by atomic mass is 127. The van der Waals surface area contributed by atoms with E-state index in [2.05, 4.69) is 39.7 Å². The van der Waals surface area contributed by atoms with Crippen molar-refractivity contribution in [3.63, 3.8) is 0 Å². The van der Waals surface area contributed by atoms with Crippen LogP contribution in [0.25, 0.3) is 5.00 Å². The van der Waals surface area contributed by atoms with Crippen molar-refractivity contribution in [3.05, 3.63) is 61.0 Å². The summed E-state index contributed by atoms with van der Waals surface area (Å²) in [4.78, 5) is 4.80. The van der Waals surface area contributed by atoms with E-state index in [0.717, 1.165) is 27.7 Å². The Hall–Kier alpha value is -1.25. The van der Waals surface area contributed by atoms with Crippen molar-refractivity contribution in [3.8, 4) is 5.00 Å². The number of rotatable bonds is 1. The van der Waals surface area contributed by atoms with Gasteiger partial charge in [0.1, 0.15) is 17.9 Å². The minimum atomic E-state index is 0.498. The minimum Gasteiger partial charge on any atom is -0.276 e. The second kappa shape index (κ2) is 5.43. The zero-order valence-electron chi connectivity index (χ0n) is 11.5. The number of hydrogen-bond donors (Lipinski definition) is 0. The summed E-state index contributed by atoms with van der Waals surface area (Å²) in [7, 11) is 0. The lowest BCUT2D eigenvalue weighted by atomic mass is 10.0. The first kappa shape index (κ1) is 14.3. The third-order valence-electron chi connectivity index (χ3n) is 3.65. The number of aromatic nitrogens is 3. The molecule has 0 spiro atoms. The Bertz CT molecular complexity index is 912. The molecule has 2 aromatic heterocycles. The first-order valence-corrected chi connectivity index (χ1v) is 8.92. The van der Waals surface area contributed by atoms with Crippen LogP contribution in [0.1, 0.15) is 22.5 Å². The van der Waals surface area contributed by atoms with E-state index in [0.29, 0.717) is 11.6 Å². The summed E-state index contributed by atoms with van der Waals surface area (Å²) in [5, 5.41) is 10.0. The predicted octanol–water partition coefficient (Wildman–Crippen LogP) is 4.25. The summed E-state index contributed by atoms with van der Waals surface area (Å²) >= 11 is 10.5. The fraction of sp³-hybridized carbons (Fsp3) is 0.133. The molecular weight excluding hydrogens is 431 g/mol. The Kier molecular flexibility index (Phi) is 3.54. The fourth-order valence-electron chi connectivity index (χ4n) is 2.56. The molecule has 3 heterocycles. The van der Waals surface area contributed by atoms with Gasteiger partial charge in [-0.15, -0.1) is 21.5 Å². The molecular formula is C15H10ClIN4S. The second-order valence-electron chi connectivity index (χ2n) is 4.94. The number of benzene rings is 1. The van der Waals surface area contributed by atoms with Gasteiger partial charge in [0.15, 0.2) is 5.82 Å². The van der Waals surface area contributed by atoms with E-state index in [1.54, 1.807) is 17.7 Å². The summed E-state index contributed by atoms with van der Waals surface area (Å²) in [6, 6.07) is 7.84. The van der Waals surface area contributed by atoms with Crippen LogP contribution in [0.5, 0.6) is 0 Å². The summed E-state index contributed by atoms with van der Waals surface area (Å²) in [6.07, 6.45) is 1.76. The van der Waals surface area contributed by atoms with Crippen molar-refractivity contribution in [2.75, 3.05) is 0 Å². The Balaban J connectivity index is 2.04. The molecule has 0 unspecified atom stereocenters. The van der Waals surface area contributed by atoms with Gasteiger partial charge in [0.05, 0.1) is 8.60 Å². The number of hydrogen-bond acceptors (Lipinski definition) is 4. The maximum Gasteiger partial charge on any atom is 0.159 e. The van der Waals surface area contributed by atoms with E-state index < -0.39 is 0 Å². The van der Waals surface area contributed by atoms with Crippen molar-refractivity contribution in [1.82, 2.24) is 14.8 Å². The lowest BCUT2D eigenvalue weighted by Gasteiger charge is -2.09. The first-order valence-electron chi connectivity index (χ1n) is 6.64. The standard InChI is InChI=1S/C15H10ClIN4S/c1-8-12-13(9-4-2-3-5-10(9)16)18-6-11-20-19-7-21(11)15(12)22-14(8)17/h2-5,7H,6H2,1H3. The van der Waals surface area contributed by atoms with E-state index in [-0.39, 0.29) is 0 Å². The molecule has 3 aromatic rings. The van der Waals surface area contributed by atoms with Crippen molar-refractivity contribution >= 4 is 51.2 Å². The molecule has 22 heavy (non-hydrogen) atoms. The number of thiophene rings is 1. The van der Waals surface area contributed by atoms with Gasteiger partial charge in [-0.05, 0) is 41.1 Å². The lowest BCUT2D eigenvalue weighted by molar-refractivity contribution is 0.876. The van der Waals surface area contributed by atoms with Gasteiger partial charge in [-0.25, -0.2) is 0 Å². The van der Waals surface area contributed by atoms with Gasteiger partial charge in [0.2, 0.25) is 0 Å². The number of halogens is 2. The van der Waals surface area contributed by atoms with E-state index in [4.69, 9.17) is 16.6 Å². The highest BCUT2D eigenvalue weighted by Gasteiger charge is 2.26. The van der Waals surface area contributed by atoms with Crippen molar-refractivity contribution in [2.24, 2.45) is 4.99 Å². The fourth-order valence-corrected chi connectivity index (χ4v) is 4.71. The molecule has 1 aromatic carbocycles. The minimum absolute atomic E-state index is 0.498. The number of fused-ring (bicyclic) bond motifs is 3. The molecule has 4 rings (SSSR count). The Morgan fingerprint density at radius 2 is 2.14 bits per heavy atom. The summed E-state index contributed by atoms with van der Waals surface area (Å²) < 4.78 is 3.27. The van der Waals surface area contributed by atoms with Gasteiger partial charge in [0.25, 0.3) is 0 Å². The first-order chi connectivity index (χ1) is 10.7. The summed E-state index contributed by atoms with van der Waals surface area (Å²) in [6.45, 7) is 2.62. The second-order valence-corrected chi connectivity index (χ2v) is 8.16. The molecule has 0 atom stereocenters. The molecule has 110 valence electrons. The average Bonchev–Trinajstić information content (AvgIpc) is 3.04. The van der Waals surface area contributed by atoms with E-state index in [1.807, 2.05) is 28.8 Å². The zero-order chi connectivity index (χ0) is 15.3. The van der Waals surface area contributed by atoms with Crippen LogP contribution >= 0.6 is 45.5 Å². The topological polar surface area (TPSA) is 43.1 Å². The Labute approximate surface area is 150 Å². The molecule has 4 nitrogen and oxygen atoms in total. The maximum atomic E-state index is 6.41. The molecule has 1 aliphatic heterocycles. The maximum absolute atomic E-state index is 6.41. The highest BCUT2D eigenvalue weighted by Crippen LogP contribution is 2.37. The van der Waals surface area contributed by atoms with Gasteiger partial charge >= 0.3 is 0 Å². The van der Waals surface area contributed by atoms with Crippen LogP contribution < -0.4 is 0 Å². The molecule has 0 fully saturated rings. The Morgan fingerprint density at radius 1 is 1.32 bits per heavy atom. The van der Waals surface area contributed by atoms with E-state index >= 15 is 0 Å². The van der Waals surface area contributed by atoms with Gasteiger partial charge in [0, 0.05) is 16.1 Å². The van der Waals surface area contributed by atoms with Crippen molar-refractivity contribution in [2.45, 2.75) is 13.5 Å². The third-order valence-corrected chi connectivity index (χ3v) is 6.53. The number of nitrogens with zero attached hydrogens (tertiary/aromatic N) is 4. The quantitative estimate of drug-likeness (QED) is 0.531. The van der Waals surface area contributed by atoms with Crippen LogP contribution in [0.4, 0.5) is 0 Å². The predicted molar refractivity (Wildman–Crippen MR) is 97.5 cm³/mol. The molecule has 0 radical (unpaired) electrons. The lowest BCUT2D eigenvalue weighted by Crippen LogP contribution is -2.06. The molecule has 1 aliphatic rings. The van der Waals surface area contributed by atoms with Gasteiger partial charge < -0.3 is 0 Å². The normalized spacial score (nSPS) is 13.3. The van der Waals surface area contributed by atoms with Crippen LogP contribution in [0.3, 0.4) is 0 Å². The smallest absolute Gasteiger partial charge is 0.159 e.